The summed E-state index contributed by atoms with van der Waals surface area (Å²) in [6.45, 7) is 3.94. The largest absolute Gasteiger partial charge is 0.396 e. The summed E-state index contributed by atoms with van der Waals surface area (Å²) < 4.78 is 24.3. The third-order valence-electron chi connectivity index (χ3n) is 6.04. The second-order valence-electron chi connectivity index (χ2n) is 8.97. The van der Waals surface area contributed by atoms with Crippen LogP contribution in [0.25, 0.3) is 0 Å². The topological polar surface area (TPSA) is 115 Å². The molecule has 0 heterocycles. The summed E-state index contributed by atoms with van der Waals surface area (Å²) in [7, 11) is -6.79. The van der Waals surface area contributed by atoms with E-state index in [1.807, 2.05) is 38.1 Å². The van der Waals surface area contributed by atoms with Gasteiger partial charge in [0, 0.05) is 26.6 Å². The van der Waals surface area contributed by atoms with Gasteiger partial charge in [0.1, 0.15) is 0 Å². The highest BCUT2D eigenvalue weighted by Crippen LogP contribution is 2.38. The Morgan fingerprint density at radius 3 is 0.868 bits per heavy atom. The van der Waals surface area contributed by atoms with Gasteiger partial charge in [-0.1, -0.05) is 86.6 Å². The van der Waals surface area contributed by atoms with E-state index in [2.05, 4.69) is 0 Å². The Kier molecular flexibility index (Phi) is 12.3. The molecular formula is C30H36O6P2. The van der Waals surface area contributed by atoms with E-state index >= 15 is 0 Å². The monoisotopic (exact) mass is 554 g/mol. The molecule has 0 radical (unpaired) electrons. The van der Waals surface area contributed by atoms with Crippen LogP contribution in [-0.4, -0.2) is 33.2 Å². The molecule has 0 aliphatic rings. The van der Waals surface area contributed by atoms with Crippen LogP contribution in [0, 0.1) is 5.41 Å². The van der Waals surface area contributed by atoms with Crippen LogP contribution in [0.2, 0.25) is 0 Å². The minimum Gasteiger partial charge on any atom is -0.396 e. The summed E-state index contributed by atoms with van der Waals surface area (Å²) in [5.41, 5.74) is -0.264. The lowest BCUT2D eigenvalue weighted by atomic mass is 9.90. The van der Waals surface area contributed by atoms with Crippen molar-refractivity contribution in [2.45, 2.75) is 20.3 Å². The predicted molar refractivity (Wildman–Crippen MR) is 157 cm³/mol. The molecule has 0 fully saturated rings. The van der Waals surface area contributed by atoms with Gasteiger partial charge in [0.2, 0.25) is 0 Å². The summed E-state index contributed by atoms with van der Waals surface area (Å²) >= 11 is 0. The number of benzene rings is 4. The highest BCUT2D eigenvalue weighted by Gasteiger charge is 2.23. The van der Waals surface area contributed by atoms with Crippen LogP contribution in [0.5, 0.6) is 0 Å². The molecular weight excluding hydrogens is 518 g/mol. The van der Waals surface area contributed by atoms with Gasteiger partial charge in [-0.3, -0.25) is 9.13 Å². The molecule has 0 unspecified atom stereocenters. The van der Waals surface area contributed by atoms with E-state index in [0.717, 1.165) is 6.42 Å². The van der Waals surface area contributed by atoms with E-state index in [1.54, 1.807) is 97.1 Å². The normalized spacial score (nSPS) is 11.4. The van der Waals surface area contributed by atoms with E-state index < -0.39 is 14.7 Å². The predicted octanol–water partition coefficient (Wildman–Crippen LogP) is 4.20. The van der Waals surface area contributed by atoms with Crippen LogP contribution in [0.15, 0.2) is 121 Å². The fourth-order valence-electron chi connectivity index (χ4n) is 3.09. The second-order valence-corrected chi connectivity index (χ2v) is 13.3. The highest BCUT2D eigenvalue weighted by atomic mass is 31.2. The maximum absolute atomic E-state index is 12.2. The highest BCUT2D eigenvalue weighted by molar-refractivity contribution is 7.73. The van der Waals surface area contributed by atoms with Crippen molar-refractivity contribution in [2.24, 2.45) is 5.41 Å². The zero-order valence-electron chi connectivity index (χ0n) is 21.7. The van der Waals surface area contributed by atoms with Gasteiger partial charge in [-0.2, -0.15) is 0 Å². The van der Waals surface area contributed by atoms with E-state index in [4.69, 9.17) is 10.2 Å². The fourth-order valence-corrected chi connectivity index (χ4v) is 5.99. The molecule has 0 atom stereocenters. The van der Waals surface area contributed by atoms with Crippen LogP contribution in [0.4, 0.5) is 0 Å². The lowest BCUT2D eigenvalue weighted by Crippen LogP contribution is -2.24. The first kappa shape index (κ1) is 31.4. The zero-order valence-corrected chi connectivity index (χ0v) is 23.5. The smallest absolute Gasteiger partial charge is 0.258 e. The molecule has 0 bridgehead atoms. The van der Waals surface area contributed by atoms with Gasteiger partial charge in [-0.15, -0.1) is 0 Å². The van der Waals surface area contributed by atoms with Crippen molar-refractivity contribution in [2.75, 3.05) is 13.2 Å². The lowest BCUT2D eigenvalue weighted by molar-refractivity contribution is 0.0670. The number of hydrogen-bond acceptors (Lipinski definition) is 4. The maximum atomic E-state index is 12.2. The third-order valence-corrected chi connectivity index (χ3v) is 10.0. The molecule has 0 amide bonds. The van der Waals surface area contributed by atoms with Crippen molar-refractivity contribution in [1.82, 2.24) is 0 Å². The first-order valence-corrected chi connectivity index (χ1v) is 15.5. The molecule has 4 aromatic rings. The molecule has 0 aromatic heterocycles. The Hall–Kier alpha value is -2.82. The molecule has 4 rings (SSSR count). The van der Waals surface area contributed by atoms with Crippen molar-refractivity contribution in [3.05, 3.63) is 121 Å². The van der Waals surface area contributed by atoms with E-state index in [9.17, 15) is 18.9 Å². The Morgan fingerprint density at radius 2 is 0.737 bits per heavy atom. The number of aliphatic hydroxyl groups is 2. The summed E-state index contributed by atoms with van der Waals surface area (Å²) in [6, 6.07) is 34.8. The maximum Gasteiger partial charge on any atom is 0.258 e. The summed E-state index contributed by atoms with van der Waals surface area (Å²) in [4.78, 5) is 20.0. The van der Waals surface area contributed by atoms with Crippen LogP contribution in [0.1, 0.15) is 20.3 Å². The first-order chi connectivity index (χ1) is 18.1. The van der Waals surface area contributed by atoms with E-state index in [-0.39, 0.29) is 18.6 Å². The molecule has 8 heteroatoms. The van der Waals surface area contributed by atoms with Crippen LogP contribution in [0.3, 0.4) is 0 Å². The average Bonchev–Trinajstić information content (AvgIpc) is 2.99. The SMILES string of the molecule is CCC(C)(CO)CO.O=P(O)(c1ccccc1)c1ccccc1.O=P(O)(c1ccccc1)c1ccccc1. The summed E-state index contributed by atoms with van der Waals surface area (Å²) in [6.07, 6.45) is 0.819. The Balaban J connectivity index is 0.000000211. The summed E-state index contributed by atoms with van der Waals surface area (Å²) in [5, 5.41) is 19.1. The lowest BCUT2D eigenvalue weighted by Gasteiger charge is -2.21. The number of rotatable bonds is 7. The molecule has 4 aromatic carbocycles. The van der Waals surface area contributed by atoms with Gasteiger partial charge in [-0.05, 0) is 55.0 Å². The first-order valence-electron chi connectivity index (χ1n) is 12.2. The number of aliphatic hydroxyl groups excluding tert-OH is 2. The van der Waals surface area contributed by atoms with Crippen molar-refractivity contribution in [3.8, 4) is 0 Å². The molecule has 4 N–H and O–H groups in total. The standard InChI is InChI=1S/2C12H11O2P.C6H14O2/c2*13-15(14,11-7-3-1-4-8-11)12-9-5-2-6-10-12;1-3-6(2,4-7)5-8/h2*1-10H,(H,13,14);7-8H,3-5H2,1-2H3. The van der Waals surface area contributed by atoms with E-state index in [1.165, 1.54) is 0 Å². The van der Waals surface area contributed by atoms with Gasteiger partial charge in [0.25, 0.3) is 14.7 Å². The van der Waals surface area contributed by atoms with Crippen molar-refractivity contribution in [3.63, 3.8) is 0 Å². The molecule has 0 spiro atoms. The quantitative estimate of drug-likeness (QED) is 0.255. The Morgan fingerprint density at radius 1 is 0.526 bits per heavy atom. The second kappa shape index (κ2) is 14.9. The molecule has 38 heavy (non-hydrogen) atoms. The van der Waals surface area contributed by atoms with Crippen molar-refractivity contribution in [1.29, 1.82) is 0 Å². The van der Waals surface area contributed by atoms with Gasteiger partial charge in [-0.25, -0.2) is 0 Å². The Bertz CT molecular complexity index is 1110. The Labute approximate surface area is 225 Å². The molecule has 0 saturated carbocycles. The zero-order chi connectivity index (χ0) is 28.1. The van der Waals surface area contributed by atoms with Gasteiger partial charge < -0.3 is 20.0 Å². The van der Waals surface area contributed by atoms with Gasteiger partial charge in [0.15, 0.2) is 0 Å². The van der Waals surface area contributed by atoms with Crippen LogP contribution >= 0.6 is 14.7 Å². The molecule has 0 aliphatic heterocycles. The number of hydrogen-bond donors (Lipinski definition) is 4. The van der Waals surface area contributed by atoms with E-state index in [0.29, 0.717) is 21.2 Å². The minimum atomic E-state index is -3.40. The van der Waals surface area contributed by atoms with Gasteiger partial charge in [0.05, 0.1) is 13.2 Å². The fraction of sp³-hybridized carbons (Fsp3) is 0.200. The van der Waals surface area contributed by atoms with Crippen LogP contribution in [-0.2, 0) is 9.13 Å². The van der Waals surface area contributed by atoms with Crippen molar-refractivity contribution >= 4 is 36.0 Å². The molecule has 0 aliphatic carbocycles. The third kappa shape index (κ3) is 8.89. The van der Waals surface area contributed by atoms with Crippen LogP contribution < -0.4 is 21.2 Å². The molecule has 0 saturated heterocycles. The van der Waals surface area contributed by atoms with Crippen molar-refractivity contribution < 1.29 is 29.1 Å². The minimum absolute atomic E-state index is 0.0694. The summed E-state index contributed by atoms with van der Waals surface area (Å²) in [5.74, 6) is 0. The molecule has 202 valence electrons. The molecule has 6 nitrogen and oxygen atoms in total. The average molecular weight is 555 g/mol. The van der Waals surface area contributed by atoms with Gasteiger partial charge >= 0.3 is 0 Å².